The monoisotopic (exact) mass is 878 g/mol. The Labute approximate surface area is 369 Å². The number of carbonyl (C=O) groups is 3. The number of aliphatic carboxylic acids is 1. The summed E-state index contributed by atoms with van der Waals surface area (Å²) in [7, 11) is -4.77. The molecule has 0 saturated carbocycles. The largest absolute Gasteiger partial charge is 0.480 e. The Hall–Kier alpha value is -3.08. The number of carboxylic acid groups (broad SMARTS) is 1. The number of aliphatic hydroxyl groups excluding tert-OH is 1. The average Bonchev–Trinajstić information content (AvgIpc) is 3.24. The molecule has 0 aromatic carbocycles. The molecule has 4 N–H and O–H groups in total. The summed E-state index contributed by atoms with van der Waals surface area (Å²) in [6.45, 7) is 2.46. The van der Waals surface area contributed by atoms with Crippen molar-refractivity contribution < 1.29 is 47.8 Å². The smallest absolute Gasteiger partial charge is 0.472 e. The molecule has 0 fully saturated rings. The van der Waals surface area contributed by atoms with Gasteiger partial charge in [0.25, 0.3) is 0 Å². The lowest BCUT2D eigenvalue weighted by atomic mass is 10.0. The third-order valence-electron chi connectivity index (χ3n) is 9.76. The van der Waals surface area contributed by atoms with E-state index < -0.39 is 57.6 Å². The summed E-state index contributed by atoms with van der Waals surface area (Å²) in [5.74, 6) is -2.41. The SMILES string of the molecule is CC/C=C\C/C=C\C/C=C\C/C=C\C/C=C\C/C=C\CCCCCCC(=O)NC(COP(=O)(O)OCC(O)COC(=O)CCCCCCCCCCCCCCCC)C(=O)O. The van der Waals surface area contributed by atoms with Gasteiger partial charge in [-0.3, -0.25) is 18.6 Å². The number of phosphoric ester groups is 1. The van der Waals surface area contributed by atoms with Gasteiger partial charge in [-0.15, -0.1) is 0 Å². The number of nitrogens with one attached hydrogen (secondary N) is 1. The molecule has 0 radical (unpaired) electrons. The predicted molar refractivity (Wildman–Crippen MR) is 249 cm³/mol. The number of rotatable bonds is 43. The average molecular weight is 878 g/mol. The number of amides is 1. The number of ether oxygens (including phenoxy) is 1. The maximum absolute atomic E-state index is 12.3. The van der Waals surface area contributed by atoms with E-state index in [1.807, 2.05) is 0 Å². The van der Waals surface area contributed by atoms with E-state index >= 15 is 0 Å². The molecule has 0 saturated heterocycles. The Morgan fingerprint density at radius 3 is 1.43 bits per heavy atom. The number of aliphatic hydroxyl groups is 1. The number of hydrogen-bond donors (Lipinski definition) is 4. The van der Waals surface area contributed by atoms with Crippen LogP contribution in [0.15, 0.2) is 72.9 Å². The molecule has 0 spiro atoms. The third kappa shape index (κ3) is 43.4. The summed E-state index contributed by atoms with van der Waals surface area (Å²) in [4.78, 5) is 46.0. The molecule has 0 rings (SSSR count). The van der Waals surface area contributed by atoms with E-state index in [9.17, 15) is 34.1 Å². The van der Waals surface area contributed by atoms with Crippen LogP contribution in [0.4, 0.5) is 0 Å². The van der Waals surface area contributed by atoms with Gasteiger partial charge in [-0.25, -0.2) is 9.36 Å². The fourth-order valence-corrected chi connectivity index (χ4v) is 6.91. The van der Waals surface area contributed by atoms with Crippen LogP contribution in [-0.2, 0) is 32.7 Å². The number of carboxylic acids is 1. The molecule has 0 aromatic rings. The zero-order valence-corrected chi connectivity index (χ0v) is 38.8. The second-order valence-electron chi connectivity index (χ2n) is 15.6. The van der Waals surface area contributed by atoms with Crippen molar-refractivity contribution in [3.63, 3.8) is 0 Å². The molecule has 12 heteroatoms. The van der Waals surface area contributed by atoms with Gasteiger partial charge in [-0.05, 0) is 64.2 Å². The van der Waals surface area contributed by atoms with Gasteiger partial charge < -0.3 is 25.2 Å². The first-order valence-electron chi connectivity index (χ1n) is 23.5. The summed E-state index contributed by atoms with van der Waals surface area (Å²) in [6.07, 6.45) is 52.1. The molecule has 11 nitrogen and oxygen atoms in total. The van der Waals surface area contributed by atoms with Gasteiger partial charge in [0, 0.05) is 12.8 Å². The summed E-state index contributed by atoms with van der Waals surface area (Å²) >= 11 is 0. The van der Waals surface area contributed by atoms with Gasteiger partial charge in [0.1, 0.15) is 12.7 Å². The number of carbonyl (C=O) groups excluding carboxylic acids is 2. The van der Waals surface area contributed by atoms with Crippen molar-refractivity contribution in [2.24, 2.45) is 0 Å². The molecule has 3 atom stereocenters. The van der Waals surface area contributed by atoms with Crippen LogP contribution in [0.25, 0.3) is 0 Å². The summed E-state index contributed by atoms with van der Waals surface area (Å²) in [5, 5.41) is 21.8. The molecule has 0 bridgehead atoms. The lowest BCUT2D eigenvalue weighted by molar-refractivity contribution is -0.147. The van der Waals surface area contributed by atoms with Crippen molar-refractivity contribution >= 4 is 25.7 Å². The Morgan fingerprint density at radius 1 is 0.541 bits per heavy atom. The summed E-state index contributed by atoms with van der Waals surface area (Å²) in [6, 6.07) is -1.56. The van der Waals surface area contributed by atoms with E-state index in [-0.39, 0.29) is 12.8 Å². The standard InChI is InChI=1S/C49H84NO10P/c1-3-5-7-9-11-13-15-17-19-20-21-22-23-24-25-26-27-28-30-32-34-36-38-40-47(52)50-46(49(54)55)44-60-61(56,57)59-43-45(51)42-58-48(53)41-39-37-35-33-31-29-18-16-14-12-10-8-6-4-2/h5,7,11,13,17,19,21-22,24-25,27-28,45-46,51H,3-4,6,8-10,12,14-16,18,20,23,26,29-44H2,1-2H3,(H,50,52)(H,54,55)(H,56,57)/b7-5-,13-11-,19-17-,22-21-,25-24-,28-27-. The van der Waals surface area contributed by atoms with Gasteiger partial charge in [0.15, 0.2) is 6.04 Å². The fourth-order valence-electron chi connectivity index (χ4n) is 6.14. The van der Waals surface area contributed by atoms with Crippen LogP contribution in [0.3, 0.4) is 0 Å². The zero-order valence-electron chi connectivity index (χ0n) is 37.9. The number of phosphoric acid groups is 1. The van der Waals surface area contributed by atoms with Crippen LogP contribution in [0.1, 0.15) is 187 Å². The molecular formula is C49H84NO10P. The van der Waals surface area contributed by atoms with Gasteiger partial charge in [0.2, 0.25) is 5.91 Å². The van der Waals surface area contributed by atoms with Crippen molar-refractivity contribution in [2.45, 2.75) is 199 Å². The number of allylic oxidation sites excluding steroid dienone is 12. The van der Waals surface area contributed by atoms with Gasteiger partial charge in [0.05, 0.1) is 13.2 Å². The number of hydrogen-bond acceptors (Lipinski definition) is 8. The van der Waals surface area contributed by atoms with Crippen LogP contribution in [0.2, 0.25) is 0 Å². The first-order chi connectivity index (χ1) is 29.6. The van der Waals surface area contributed by atoms with Crippen molar-refractivity contribution in [1.82, 2.24) is 5.32 Å². The van der Waals surface area contributed by atoms with Crippen LogP contribution < -0.4 is 5.32 Å². The minimum Gasteiger partial charge on any atom is -0.480 e. The Morgan fingerprint density at radius 2 is 0.951 bits per heavy atom. The molecule has 0 aliphatic heterocycles. The van der Waals surface area contributed by atoms with Crippen LogP contribution in [0.5, 0.6) is 0 Å². The first-order valence-corrected chi connectivity index (χ1v) is 25.0. The summed E-state index contributed by atoms with van der Waals surface area (Å²) in [5.41, 5.74) is 0. The molecule has 0 aliphatic carbocycles. The lowest BCUT2D eigenvalue weighted by Crippen LogP contribution is -2.43. The summed E-state index contributed by atoms with van der Waals surface area (Å²) < 4.78 is 26.9. The highest BCUT2D eigenvalue weighted by Gasteiger charge is 2.28. The fraction of sp³-hybridized carbons (Fsp3) is 0.694. The molecule has 1 amide bonds. The highest BCUT2D eigenvalue weighted by molar-refractivity contribution is 7.47. The van der Waals surface area contributed by atoms with E-state index in [0.29, 0.717) is 12.8 Å². The normalized spacial score (nSPS) is 14.3. The Balaban J connectivity index is 3.95. The first kappa shape index (κ1) is 57.9. The number of unbranched alkanes of at least 4 members (excludes halogenated alkanes) is 17. The quantitative estimate of drug-likeness (QED) is 0.0200. The lowest BCUT2D eigenvalue weighted by Gasteiger charge is -2.18. The van der Waals surface area contributed by atoms with E-state index in [4.69, 9.17) is 13.8 Å². The van der Waals surface area contributed by atoms with Crippen LogP contribution >= 0.6 is 7.82 Å². The Bertz CT molecular complexity index is 1310. The molecule has 0 aromatic heterocycles. The zero-order chi connectivity index (χ0) is 44.9. The highest BCUT2D eigenvalue weighted by Crippen LogP contribution is 2.43. The van der Waals surface area contributed by atoms with E-state index in [1.165, 1.54) is 64.2 Å². The molecule has 0 heterocycles. The third-order valence-corrected chi connectivity index (χ3v) is 10.7. The van der Waals surface area contributed by atoms with Crippen molar-refractivity contribution in [1.29, 1.82) is 0 Å². The molecular weight excluding hydrogens is 794 g/mol. The molecule has 3 unspecified atom stereocenters. The maximum atomic E-state index is 12.3. The van der Waals surface area contributed by atoms with Gasteiger partial charge in [-0.1, -0.05) is 183 Å². The molecule has 61 heavy (non-hydrogen) atoms. The predicted octanol–water partition coefficient (Wildman–Crippen LogP) is 12.5. The van der Waals surface area contributed by atoms with Crippen LogP contribution in [-0.4, -0.2) is 64.9 Å². The molecule has 0 aliphatic rings. The minimum absolute atomic E-state index is 0.112. The second kappa shape index (κ2) is 43.6. The Kier molecular flexibility index (Phi) is 41.4. The second-order valence-corrected chi connectivity index (χ2v) is 17.0. The number of esters is 1. The van der Waals surface area contributed by atoms with E-state index in [0.717, 1.165) is 83.5 Å². The van der Waals surface area contributed by atoms with Gasteiger partial charge >= 0.3 is 19.8 Å². The van der Waals surface area contributed by atoms with Gasteiger partial charge in [-0.2, -0.15) is 0 Å². The maximum Gasteiger partial charge on any atom is 0.472 e. The minimum atomic E-state index is -4.77. The topological polar surface area (TPSA) is 169 Å². The molecule has 350 valence electrons. The van der Waals surface area contributed by atoms with Crippen molar-refractivity contribution in [2.75, 3.05) is 19.8 Å². The van der Waals surface area contributed by atoms with E-state index in [2.05, 4.69) is 92.1 Å². The highest BCUT2D eigenvalue weighted by atomic mass is 31.2. The van der Waals surface area contributed by atoms with Crippen molar-refractivity contribution in [3.05, 3.63) is 72.9 Å². The van der Waals surface area contributed by atoms with Crippen LogP contribution in [0, 0.1) is 0 Å². The van der Waals surface area contributed by atoms with Crippen molar-refractivity contribution in [3.8, 4) is 0 Å². The van der Waals surface area contributed by atoms with E-state index in [1.54, 1.807) is 0 Å².